The van der Waals surface area contributed by atoms with Crippen LogP contribution in [0.15, 0.2) is 0 Å². The Hall–Kier alpha value is -1.14. The molecule has 1 N–H and O–H groups in total. The average molecular weight is 261 g/mol. The van der Waals surface area contributed by atoms with Gasteiger partial charge in [-0.3, -0.25) is 4.79 Å². The third kappa shape index (κ3) is 7.24. The maximum atomic E-state index is 11.7. The summed E-state index contributed by atoms with van der Waals surface area (Å²) in [6.07, 6.45) is -1.91. The van der Waals surface area contributed by atoms with Crippen LogP contribution in [0.2, 0.25) is 0 Å². The summed E-state index contributed by atoms with van der Waals surface area (Å²) in [4.78, 5) is 22.3. The molecule has 0 rings (SSSR count). The van der Waals surface area contributed by atoms with E-state index >= 15 is 0 Å². The lowest BCUT2D eigenvalue weighted by molar-refractivity contribution is -0.873. The number of nitrogens with zero attached hydrogens (tertiary/aromatic N) is 1. The third-order valence-corrected chi connectivity index (χ3v) is 2.52. The highest BCUT2D eigenvalue weighted by Crippen LogP contribution is 2.10. The molecule has 0 bridgehead atoms. The summed E-state index contributed by atoms with van der Waals surface area (Å²) >= 11 is 0. The van der Waals surface area contributed by atoms with Crippen molar-refractivity contribution >= 4 is 11.9 Å². The predicted octanol–water partition coefficient (Wildman–Crippen LogP) is -1.24. The molecule has 0 aromatic carbocycles. The summed E-state index contributed by atoms with van der Waals surface area (Å²) < 4.78 is 5.59. The van der Waals surface area contributed by atoms with Gasteiger partial charge in [0.1, 0.15) is 6.54 Å². The van der Waals surface area contributed by atoms with Gasteiger partial charge >= 0.3 is 5.97 Å². The van der Waals surface area contributed by atoms with Crippen LogP contribution < -0.4 is 5.11 Å². The minimum absolute atomic E-state index is 0.339. The summed E-state index contributed by atoms with van der Waals surface area (Å²) in [7, 11) is 5.61. The lowest BCUT2D eigenvalue weighted by Crippen LogP contribution is -2.46. The Bertz CT molecular complexity index is 295. The number of carboxylic acid groups (broad SMARTS) is 1. The number of carboxylic acids is 1. The second-order valence-electron chi connectivity index (χ2n) is 5.64. The zero-order valence-electron chi connectivity index (χ0n) is 11.7. The van der Waals surface area contributed by atoms with Gasteiger partial charge in [-0.1, -0.05) is 0 Å². The molecule has 0 aliphatic carbocycles. The number of quaternary nitrogens is 1. The van der Waals surface area contributed by atoms with E-state index in [1.54, 1.807) is 0 Å². The molecule has 0 amide bonds. The summed E-state index contributed by atoms with van der Waals surface area (Å²) in [5.41, 5.74) is 0. The van der Waals surface area contributed by atoms with Gasteiger partial charge in [0.25, 0.3) is 0 Å². The Balaban J connectivity index is 4.59. The van der Waals surface area contributed by atoms with E-state index < -0.39 is 30.1 Å². The molecule has 0 saturated heterocycles. The molecular formula is C12H23NO5. The molecule has 0 saturated carbocycles. The zero-order chi connectivity index (χ0) is 14.5. The number of aliphatic carboxylic acids is 1. The fourth-order valence-electron chi connectivity index (χ4n) is 1.41. The van der Waals surface area contributed by atoms with E-state index in [1.165, 1.54) is 13.8 Å². The second-order valence-corrected chi connectivity index (χ2v) is 5.64. The fourth-order valence-corrected chi connectivity index (χ4v) is 1.41. The Kier molecular flexibility index (Phi) is 6.28. The highest BCUT2D eigenvalue weighted by molar-refractivity contribution is 5.73. The van der Waals surface area contributed by atoms with Crippen molar-refractivity contribution in [3.63, 3.8) is 0 Å². The quantitative estimate of drug-likeness (QED) is 0.457. The smallest absolute Gasteiger partial charge is 0.311 e. The molecule has 0 aliphatic rings. The maximum absolute atomic E-state index is 11.7. The van der Waals surface area contributed by atoms with Gasteiger partial charge in [-0.15, -0.1) is 0 Å². The molecule has 3 atom stereocenters. The molecule has 18 heavy (non-hydrogen) atoms. The number of ether oxygens (including phenoxy) is 1. The number of carbonyl (C=O) groups is 2. The van der Waals surface area contributed by atoms with Crippen LogP contribution >= 0.6 is 0 Å². The lowest BCUT2D eigenvalue weighted by atomic mass is 10.1. The van der Waals surface area contributed by atoms with Crippen molar-refractivity contribution in [3.8, 4) is 0 Å². The first-order chi connectivity index (χ1) is 8.03. The first-order valence-corrected chi connectivity index (χ1v) is 5.92. The third-order valence-electron chi connectivity index (χ3n) is 2.52. The predicted molar refractivity (Wildman–Crippen MR) is 63.2 cm³/mol. The average Bonchev–Trinajstić information content (AvgIpc) is 2.11. The van der Waals surface area contributed by atoms with Crippen LogP contribution in [-0.2, 0) is 14.3 Å². The van der Waals surface area contributed by atoms with E-state index in [2.05, 4.69) is 0 Å². The number of hydrogen-bond acceptors (Lipinski definition) is 5. The van der Waals surface area contributed by atoms with Gasteiger partial charge < -0.3 is 24.2 Å². The summed E-state index contributed by atoms with van der Waals surface area (Å²) in [6, 6.07) is 0. The van der Waals surface area contributed by atoms with Crippen molar-refractivity contribution in [2.45, 2.75) is 32.5 Å². The van der Waals surface area contributed by atoms with E-state index in [4.69, 9.17) is 4.74 Å². The topological polar surface area (TPSA) is 86.7 Å². The van der Waals surface area contributed by atoms with Crippen molar-refractivity contribution in [1.82, 2.24) is 0 Å². The highest BCUT2D eigenvalue weighted by Gasteiger charge is 2.26. The first-order valence-electron chi connectivity index (χ1n) is 5.92. The Morgan fingerprint density at radius 3 is 2.11 bits per heavy atom. The van der Waals surface area contributed by atoms with Crippen LogP contribution in [0.4, 0.5) is 0 Å². The van der Waals surface area contributed by atoms with Crippen molar-refractivity contribution < 1.29 is 29.0 Å². The Morgan fingerprint density at radius 1 is 1.28 bits per heavy atom. The minimum Gasteiger partial charge on any atom is -0.550 e. The second kappa shape index (κ2) is 6.70. The molecule has 0 radical (unpaired) electrons. The number of rotatable bonds is 7. The van der Waals surface area contributed by atoms with Crippen LogP contribution in [0.1, 0.15) is 20.3 Å². The van der Waals surface area contributed by atoms with E-state index in [9.17, 15) is 19.8 Å². The van der Waals surface area contributed by atoms with Gasteiger partial charge in [0.15, 0.2) is 6.10 Å². The van der Waals surface area contributed by atoms with Crippen LogP contribution in [-0.4, -0.2) is 61.4 Å². The van der Waals surface area contributed by atoms with Crippen LogP contribution in [0.3, 0.4) is 0 Å². The molecule has 0 aromatic heterocycles. The van der Waals surface area contributed by atoms with E-state index in [0.717, 1.165) is 0 Å². The van der Waals surface area contributed by atoms with Crippen molar-refractivity contribution in [3.05, 3.63) is 0 Å². The van der Waals surface area contributed by atoms with Gasteiger partial charge in [0, 0.05) is 12.4 Å². The Morgan fingerprint density at radius 2 is 1.78 bits per heavy atom. The van der Waals surface area contributed by atoms with Gasteiger partial charge in [-0.2, -0.15) is 0 Å². The number of esters is 1. The number of hydrogen-bond donors (Lipinski definition) is 1. The molecular weight excluding hydrogens is 238 g/mol. The van der Waals surface area contributed by atoms with Crippen LogP contribution in [0.5, 0.6) is 0 Å². The maximum Gasteiger partial charge on any atom is 0.311 e. The zero-order valence-corrected chi connectivity index (χ0v) is 11.7. The number of aliphatic hydroxyl groups is 1. The van der Waals surface area contributed by atoms with Crippen molar-refractivity contribution in [2.75, 3.05) is 27.7 Å². The highest BCUT2D eigenvalue weighted by atomic mass is 16.5. The van der Waals surface area contributed by atoms with Gasteiger partial charge in [0.2, 0.25) is 0 Å². The van der Waals surface area contributed by atoms with E-state index in [0.29, 0.717) is 11.0 Å². The number of carbonyl (C=O) groups excluding carboxylic acids is 2. The van der Waals surface area contributed by atoms with E-state index in [1.807, 2.05) is 21.1 Å². The SMILES string of the molecule is CC(O)C(C)C(=O)OC(CC(=O)[O-])C[N+](C)(C)C. The van der Waals surface area contributed by atoms with Gasteiger partial charge in [-0.25, -0.2) is 0 Å². The van der Waals surface area contributed by atoms with Crippen molar-refractivity contribution in [1.29, 1.82) is 0 Å². The molecule has 0 aromatic rings. The Labute approximate surface area is 108 Å². The fraction of sp³-hybridized carbons (Fsp3) is 0.833. The van der Waals surface area contributed by atoms with Gasteiger partial charge in [-0.05, 0) is 13.8 Å². The molecule has 106 valence electrons. The summed E-state index contributed by atoms with van der Waals surface area (Å²) in [5, 5.41) is 19.9. The van der Waals surface area contributed by atoms with E-state index in [-0.39, 0.29) is 6.42 Å². The molecule has 0 aliphatic heterocycles. The van der Waals surface area contributed by atoms with Crippen LogP contribution in [0, 0.1) is 5.92 Å². The minimum atomic E-state index is -1.26. The normalized spacial score (nSPS) is 16.8. The number of aliphatic hydroxyl groups excluding tert-OH is 1. The molecule has 0 spiro atoms. The van der Waals surface area contributed by atoms with Crippen LogP contribution in [0.25, 0.3) is 0 Å². The molecule has 3 unspecified atom stereocenters. The largest absolute Gasteiger partial charge is 0.550 e. The summed E-state index contributed by atoms with van der Waals surface area (Å²) in [6.45, 7) is 3.39. The number of likely N-dealkylation sites (N-methyl/N-ethyl adjacent to an activating group) is 1. The molecule has 6 heteroatoms. The molecule has 0 heterocycles. The molecule has 0 fully saturated rings. The van der Waals surface area contributed by atoms with Crippen molar-refractivity contribution in [2.24, 2.45) is 5.92 Å². The standard InChI is InChI=1S/C12H23NO5/c1-8(9(2)14)12(17)18-10(6-11(15)16)7-13(3,4)5/h8-10,14H,6-7H2,1-5H3. The lowest BCUT2D eigenvalue weighted by Gasteiger charge is -2.30. The monoisotopic (exact) mass is 261 g/mol. The summed E-state index contributed by atoms with van der Waals surface area (Å²) in [5.74, 6) is -2.53. The first kappa shape index (κ1) is 16.9. The van der Waals surface area contributed by atoms with Gasteiger partial charge in [0.05, 0.1) is 33.2 Å². The molecule has 6 nitrogen and oxygen atoms in total.